The Labute approximate surface area is 149 Å². The summed E-state index contributed by atoms with van der Waals surface area (Å²) >= 11 is 0. The third-order valence-electron chi connectivity index (χ3n) is 4.69. The SMILES string of the molecule is CCCCCCCCCCCCCCc1ccc(C(=O)OC)cc1. The van der Waals surface area contributed by atoms with Crippen molar-refractivity contribution in [3.05, 3.63) is 35.4 Å². The summed E-state index contributed by atoms with van der Waals surface area (Å²) in [5.74, 6) is -0.257. The summed E-state index contributed by atoms with van der Waals surface area (Å²) in [7, 11) is 1.42. The average Bonchev–Trinajstić information content (AvgIpc) is 2.62. The van der Waals surface area contributed by atoms with E-state index in [1.165, 1.54) is 89.7 Å². The van der Waals surface area contributed by atoms with Crippen LogP contribution in [0.25, 0.3) is 0 Å². The highest BCUT2D eigenvalue weighted by molar-refractivity contribution is 5.89. The predicted molar refractivity (Wildman–Crippen MR) is 103 cm³/mol. The minimum atomic E-state index is -0.257. The van der Waals surface area contributed by atoms with Gasteiger partial charge in [0.25, 0.3) is 0 Å². The van der Waals surface area contributed by atoms with Gasteiger partial charge in [-0.25, -0.2) is 4.79 Å². The van der Waals surface area contributed by atoms with Crippen LogP contribution in [-0.2, 0) is 11.2 Å². The summed E-state index contributed by atoms with van der Waals surface area (Å²) < 4.78 is 4.71. The zero-order chi connectivity index (χ0) is 17.5. The lowest BCUT2D eigenvalue weighted by molar-refractivity contribution is 0.0600. The molecule has 0 aliphatic rings. The quantitative estimate of drug-likeness (QED) is 0.279. The maximum absolute atomic E-state index is 11.4. The van der Waals surface area contributed by atoms with Gasteiger partial charge in [-0.3, -0.25) is 0 Å². The molecule has 0 unspecified atom stereocenters. The van der Waals surface area contributed by atoms with Crippen molar-refractivity contribution in [2.45, 2.75) is 90.4 Å². The Bertz CT molecular complexity index is 422. The summed E-state index contributed by atoms with van der Waals surface area (Å²) in [6.45, 7) is 2.28. The molecule has 0 aliphatic heterocycles. The fourth-order valence-corrected chi connectivity index (χ4v) is 3.10. The van der Waals surface area contributed by atoms with E-state index < -0.39 is 0 Å². The number of benzene rings is 1. The first kappa shape index (κ1) is 20.7. The van der Waals surface area contributed by atoms with Crippen molar-refractivity contribution in [2.75, 3.05) is 7.11 Å². The maximum Gasteiger partial charge on any atom is 0.337 e. The Morgan fingerprint density at radius 2 is 1.21 bits per heavy atom. The van der Waals surface area contributed by atoms with Crippen molar-refractivity contribution < 1.29 is 9.53 Å². The van der Waals surface area contributed by atoms with E-state index >= 15 is 0 Å². The van der Waals surface area contributed by atoms with Crippen LogP contribution in [0.15, 0.2) is 24.3 Å². The van der Waals surface area contributed by atoms with Gasteiger partial charge in [-0.2, -0.15) is 0 Å². The van der Waals surface area contributed by atoms with E-state index in [1.54, 1.807) is 0 Å². The molecular weight excluding hydrogens is 296 g/mol. The first-order valence-electron chi connectivity index (χ1n) is 9.95. The van der Waals surface area contributed by atoms with Crippen molar-refractivity contribution >= 4 is 5.97 Å². The standard InChI is InChI=1S/C22H36O2/c1-3-4-5-6-7-8-9-10-11-12-13-14-15-20-16-18-21(19-17-20)22(23)24-2/h16-19H,3-15H2,1-2H3. The highest BCUT2D eigenvalue weighted by atomic mass is 16.5. The Balaban J connectivity index is 1.94. The smallest absolute Gasteiger partial charge is 0.337 e. The lowest BCUT2D eigenvalue weighted by atomic mass is 10.0. The molecule has 0 amide bonds. The molecule has 1 aromatic carbocycles. The van der Waals surface area contributed by atoms with Gasteiger partial charge in [-0.1, -0.05) is 89.7 Å². The van der Waals surface area contributed by atoms with Gasteiger partial charge in [0.2, 0.25) is 0 Å². The molecule has 0 fully saturated rings. The highest BCUT2D eigenvalue weighted by Crippen LogP contribution is 2.14. The van der Waals surface area contributed by atoms with Crippen molar-refractivity contribution in [3.8, 4) is 0 Å². The molecule has 0 aliphatic carbocycles. The minimum absolute atomic E-state index is 0.257. The first-order valence-corrected chi connectivity index (χ1v) is 9.95. The molecule has 0 heterocycles. The number of hydrogen-bond donors (Lipinski definition) is 0. The number of ether oxygens (including phenoxy) is 1. The Hall–Kier alpha value is -1.31. The van der Waals surface area contributed by atoms with E-state index in [9.17, 15) is 4.79 Å². The number of aryl methyl sites for hydroxylation is 1. The zero-order valence-corrected chi connectivity index (χ0v) is 15.8. The molecule has 24 heavy (non-hydrogen) atoms. The minimum Gasteiger partial charge on any atom is -0.465 e. The lowest BCUT2D eigenvalue weighted by Crippen LogP contribution is -2.00. The third kappa shape index (κ3) is 9.75. The number of carbonyl (C=O) groups is 1. The molecule has 0 saturated heterocycles. The second-order valence-electron chi connectivity index (χ2n) is 6.83. The molecule has 1 rings (SSSR count). The van der Waals surface area contributed by atoms with E-state index in [1.807, 2.05) is 24.3 Å². The van der Waals surface area contributed by atoms with Gasteiger partial charge in [-0.15, -0.1) is 0 Å². The van der Waals surface area contributed by atoms with Crippen molar-refractivity contribution in [1.82, 2.24) is 0 Å². The van der Waals surface area contributed by atoms with Crippen LogP contribution in [0.4, 0.5) is 0 Å². The van der Waals surface area contributed by atoms with Crippen molar-refractivity contribution in [3.63, 3.8) is 0 Å². The molecule has 2 heteroatoms. The van der Waals surface area contributed by atoms with Crippen LogP contribution >= 0.6 is 0 Å². The monoisotopic (exact) mass is 332 g/mol. The molecule has 0 atom stereocenters. The molecule has 136 valence electrons. The molecule has 0 N–H and O–H groups in total. The second-order valence-corrected chi connectivity index (χ2v) is 6.83. The van der Waals surface area contributed by atoms with Crippen molar-refractivity contribution in [2.24, 2.45) is 0 Å². The Morgan fingerprint density at radius 1 is 0.750 bits per heavy atom. The van der Waals surface area contributed by atoms with Crippen LogP contribution in [0.5, 0.6) is 0 Å². The number of hydrogen-bond acceptors (Lipinski definition) is 2. The molecule has 2 nitrogen and oxygen atoms in total. The van der Waals surface area contributed by atoms with E-state index in [-0.39, 0.29) is 5.97 Å². The van der Waals surface area contributed by atoms with Gasteiger partial charge in [0.15, 0.2) is 0 Å². The summed E-state index contributed by atoms with van der Waals surface area (Å²) in [5, 5.41) is 0. The molecule has 0 spiro atoms. The number of methoxy groups -OCH3 is 1. The van der Waals surface area contributed by atoms with Crippen LogP contribution in [-0.4, -0.2) is 13.1 Å². The molecule has 0 saturated carbocycles. The van der Waals surface area contributed by atoms with Gasteiger partial charge >= 0.3 is 5.97 Å². The fraction of sp³-hybridized carbons (Fsp3) is 0.682. The van der Waals surface area contributed by atoms with Crippen LogP contribution in [0.2, 0.25) is 0 Å². The number of carbonyl (C=O) groups excluding carboxylic acids is 1. The summed E-state index contributed by atoms with van der Waals surface area (Å²) in [6.07, 6.45) is 17.7. The highest BCUT2D eigenvalue weighted by Gasteiger charge is 2.04. The fourth-order valence-electron chi connectivity index (χ4n) is 3.10. The lowest BCUT2D eigenvalue weighted by Gasteiger charge is -2.04. The predicted octanol–water partition coefficient (Wildman–Crippen LogP) is 6.72. The van der Waals surface area contributed by atoms with Crippen LogP contribution in [0, 0.1) is 0 Å². The van der Waals surface area contributed by atoms with Crippen LogP contribution < -0.4 is 0 Å². The van der Waals surface area contributed by atoms with E-state index in [0.29, 0.717) is 5.56 Å². The summed E-state index contributed by atoms with van der Waals surface area (Å²) in [6, 6.07) is 7.82. The zero-order valence-electron chi connectivity index (χ0n) is 15.8. The number of unbranched alkanes of at least 4 members (excludes halogenated alkanes) is 11. The second kappa shape index (κ2) is 14.1. The van der Waals surface area contributed by atoms with E-state index in [4.69, 9.17) is 4.74 Å². The Morgan fingerprint density at radius 3 is 1.67 bits per heavy atom. The van der Waals surface area contributed by atoms with Crippen LogP contribution in [0.1, 0.15) is 99.9 Å². The Kier molecular flexibility index (Phi) is 12.2. The summed E-state index contributed by atoms with van der Waals surface area (Å²) in [5.41, 5.74) is 1.95. The molecular formula is C22H36O2. The van der Waals surface area contributed by atoms with Gasteiger partial charge in [-0.05, 0) is 30.5 Å². The molecule has 0 bridgehead atoms. The van der Waals surface area contributed by atoms with Gasteiger partial charge < -0.3 is 4.74 Å². The van der Waals surface area contributed by atoms with E-state index in [0.717, 1.165) is 6.42 Å². The van der Waals surface area contributed by atoms with Gasteiger partial charge in [0.05, 0.1) is 12.7 Å². The topological polar surface area (TPSA) is 26.3 Å². The molecule has 0 aromatic heterocycles. The maximum atomic E-state index is 11.4. The molecule has 1 aromatic rings. The largest absolute Gasteiger partial charge is 0.465 e. The van der Waals surface area contributed by atoms with Gasteiger partial charge in [0, 0.05) is 0 Å². The van der Waals surface area contributed by atoms with Crippen LogP contribution in [0.3, 0.4) is 0 Å². The third-order valence-corrected chi connectivity index (χ3v) is 4.69. The average molecular weight is 333 g/mol. The first-order chi connectivity index (χ1) is 11.8. The van der Waals surface area contributed by atoms with Gasteiger partial charge in [0.1, 0.15) is 0 Å². The van der Waals surface area contributed by atoms with Crippen molar-refractivity contribution in [1.29, 1.82) is 0 Å². The summed E-state index contributed by atoms with van der Waals surface area (Å²) in [4.78, 5) is 11.4. The number of esters is 1. The number of rotatable bonds is 14. The molecule has 0 radical (unpaired) electrons. The van der Waals surface area contributed by atoms with E-state index in [2.05, 4.69) is 6.92 Å². The normalized spacial score (nSPS) is 10.8.